The lowest BCUT2D eigenvalue weighted by molar-refractivity contribution is -0.137. The summed E-state index contributed by atoms with van der Waals surface area (Å²) in [5, 5.41) is 30.4. The molecule has 432 valence electrons. The lowest BCUT2D eigenvalue weighted by Crippen LogP contribution is -2.65. The van der Waals surface area contributed by atoms with Crippen LogP contribution in [-0.2, 0) is 70.5 Å². The number of amides is 8. The van der Waals surface area contributed by atoms with Gasteiger partial charge >= 0.3 is 0 Å². The zero-order chi connectivity index (χ0) is 58.9. The van der Waals surface area contributed by atoms with Crippen molar-refractivity contribution in [2.75, 3.05) is 6.54 Å². The van der Waals surface area contributed by atoms with Crippen LogP contribution in [0.1, 0.15) is 68.0 Å². The number of para-hydroxylation sites is 2. The van der Waals surface area contributed by atoms with Crippen LogP contribution < -0.4 is 54.4 Å². The van der Waals surface area contributed by atoms with Gasteiger partial charge in [0, 0.05) is 71.8 Å². The predicted octanol–water partition coefficient (Wildman–Crippen LogP) is 1.36. The summed E-state index contributed by atoms with van der Waals surface area (Å²) in [6.45, 7) is 4.69. The number of nitrogens with one attached hydrogen (secondary N) is 10. The molecule has 0 aliphatic heterocycles. The molecule has 3 heterocycles. The Labute approximate surface area is 473 Å². The number of imidazole rings is 1. The minimum atomic E-state index is -1.85. The number of unbranched alkanes of at least 4 members (excludes halogenated alkanes) is 1. The first kappa shape index (κ1) is 60.3. The van der Waals surface area contributed by atoms with E-state index in [0.29, 0.717) is 47.3 Å². The molecule has 0 bridgehead atoms. The van der Waals surface area contributed by atoms with Gasteiger partial charge in [0.2, 0.25) is 47.3 Å². The van der Waals surface area contributed by atoms with Gasteiger partial charge in [-0.25, -0.2) is 4.98 Å². The van der Waals surface area contributed by atoms with Gasteiger partial charge in [-0.15, -0.1) is 0 Å². The third kappa shape index (κ3) is 16.4. The monoisotopic (exact) mass is 1120 g/mol. The summed E-state index contributed by atoms with van der Waals surface area (Å²) in [5.74, 6) is -5.94. The minimum absolute atomic E-state index is 0.00732. The van der Waals surface area contributed by atoms with Crippen LogP contribution in [0.5, 0.6) is 5.75 Å². The van der Waals surface area contributed by atoms with Gasteiger partial charge in [-0.3, -0.25) is 38.4 Å². The van der Waals surface area contributed by atoms with E-state index in [2.05, 4.69) is 57.2 Å². The Balaban J connectivity index is 1.12. The molecule has 23 heteroatoms. The number of H-pyrrole nitrogens is 3. The average Bonchev–Trinajstić information content (AvgIpc) is 4.38. The van der Waals surface area contributed by atoms with Gasteiger partial charge in [0.15, 0.2) is 0 Å². The highest BCUT2D eigenvalue weighted by Crippen LogP contribution is 2.24. The molecule has 23 nitrogen and oxygen atoms in total. The van der Waals surface area contributed by atoms with E-state index < -0.39 is 95.1 Å². The Kier molecular flexibility index (Phi) is 20.7. The molecular weight excluding hydrogens is 1050 g/mol. The number of hydrogen-bond donors (Lipinski definition) is 14. The van der Waals surface area contributed by atoms with E-state index in [1.165, 1.54) is 45.4 Å². The summed E-state index contributed by atoms with van der Waals surface area (Å²) in [6, 6.07) is 21.2. The van der Waals surface area contributed by atoms with E-state index in [9.17, 15) is 43.5 Å². The van der Waals surface area contributed by atoms with Crippen molar-refractivity contribution in [3.63, 3.8) is 0 Å². The van der Waals surface area contributed by atoms with Crippen LogP contribution in [-0.4, -0.2) is 127 Å². The highest BCUT2D eigenvalue weighted by molar-refractivity contribution is 6.00. The maximum atomic E-state index is 15.0. The van der Waals surface area contributed by atoms with E-state index >= 15 is 0 Å². The number of benzene rings is 4. The minimum Gasteiger partial charge on any atom is -0.508 e. The van der Waals surface area contributed by atoms with Crippen LogP contribution in [0.2, 0.25) is 0 Å². The van der Waals surface area contributed by atoms with Crippen molar-refractivity contribution in [3.05, 3.63) is 156 Å². The number of nitrogens with zero attached hydrogens (tertiary/aromatic N) is 1. The summed E-state index contributed by atoms with van der Waals surface area (Å²) in [6.07, 6.45) is 7.39. The molecule has 0 aliphatic carbocycles. The second-order valence-electron chi connectivity index (χ2n) is 20.7. The van der Waals surface area contributed by atoms with Crippen LogP contribution in [0.15, 0.2) is 128 Å². The van der Waals surface area contributed by atoms with Crippen molar-refractivity contribution in [2.24, 2.45) is 17.2 Å². The Morgan fingerprint density at radius 3 is 1.72 bits per heavy atom. The fraction of sp³-hybridized carbons (Fsp3) is 0.339. The number of rotatable bonds is 29. The summed E-state index contributed by atoms with van der Waals surface area (Å²) >= 11 is 0. The van der Waals surface area contributed by atoms with Crippen LogP contribution in [0.4, 0.5) is 0 Å². The van der Waals surface area contributed by atoms with E-state index in [4.69, 9.17) is 17.2 Å². The summed E-state index contributed by atoms with van der Waals surface area (Å²) in [4.78, 5) is 126. The maximum Gasteiger partial charge on any atom is 0.246 e. The highest BCUT2D eigenvalue weighted by atomic mass is 16.3. The zero-order valence-corrected chi connectivity index (χ0v) is 45.9. The van der Waals surface area contributed by atoms with Crippen LogP contribution >= 0.6 is 0 Å². The molecule has 7 rings (SSSR count). The number of aromatic amines is 3. The van der Waals surface area contributed by atoms with E-state index in [1.807, 2.05) is 48.5 Å². The molecule has 4 aromatic carbocycles. The normalized spacial score (nSPS) is 14.6. The first-order valence-electron chi connectivity index (χ1n) is 27.1. The Bertz CT molecular complexity index is 3330. The number of fused-ring (bicyclic) bond motifs is 2. The molecule has 7 aromatic rings. The summed E-state index contributed by atoms with van der Waals surface area (Å²) in [7, 11) is 0. The largest absolute Gasteiger partial charge is 0.508 e. The fourth-order valence-corrected chi connectivity index (χ4v) is 9.52. The highest BCUT2D eigenvalue weighted by Gasteiger charge is 2.40. The predicted molar refractivity (Wildman–Crippen MR) is 308 cm³/mol. The third-order valence-corrected chi connectivity index (χ3v) is 14.2. The van der Waals surface area contributed by atoms with Crippen LogP contribution in [0.25, 0.3) is 21.8 Å². The first-order valence-corrected chi connectivity index (χ1v) is 27.1. The molecule has 0 radical (unpaired) electrons. The van der Waals surface area contributed by atoms with Gasteiger partial charge in [-0.1, -0.05) is 78.9 Å². The third-order valence-electron chi connectivity index (χ3n) is 14.2. The number of primary amides is 1. The van der Waals surface area contributed by atoms with Crippen molar-refractivity contribution in [1.82, 2.24) is 57.2 Å². The molecule has 0 saturated carbocycles. The van der Waals surface area contributed by atoms with Gasteiger partial charge in [0.25, 0.3) is 0 Å². The second kappa shape index (κ2) is 28.2. The molecule has 0 fully saturated rings. The van der Waals surface area contributed by atoms with Gasteiger partial charge in [-0.05, 0) is 99.5 Å². The number of aromatic nitrogens is 4. The van der Waals surface area contributed by atoms with E-state index in [0.717, 1.165) is 21.8 Å². The molecule has 3 aromatic heterocycles. The lowest BCUT2D eigenvalue weighted by Gasteiger charge is -2.33. The molecular formula is C59H72N14O9. The number of phenolic OH excluding ortho intramolecular Hbond substituents is 1. The second-order valence-corrected chi connectivity index (χ2v) is 20.7. The molecule has 0 aliphatic rings. The van der Waals surface area contributed by atoms with Gasteiger partial charge in [0.1, 0.15) is 47.5 Å². The number of phenols is 1. The van der Waals surface area contributed by atoms with Crippen LogP contribution in [0, 0.1) is 0 Å². The molecule has 82 heavy (non-hydrogen) atoms. The summed E-state index contributed by atoms with van der Waals surface area (Å²) < 4.78 is 0. The molecule has 17 N–H and O–H groups in total. The summed E-state index contributed by atoms with van der Waals surface area (Å²) in [5.41, 5.74) is 20.3. The fourth-order valence-electron chi connectivity index (χ4n) is 9.52. The number of carbonyl (C=O) groups is 8. The van der Waals surface area contributed by atoms with Crippen molar-refractivity contribution in [3.8, 4) is 5.75 Å². The van der Waals surface area contributed by atoms with Gasteiger partial charge in [-0.2, -0.15) is 0 Å². The van der Waals surface area contributed by atoms with Gasteiger partial charge in [0.05, 0.1) is 12.4 Å². The molecule has 0 saturated heterocycles. The van der Waals surface area contributed by atoms with Crippen LogP contribution in [0.3, 0.4) is 0 Å². The van der Waals surface area contributed by atoms with Crippen molar-refractivity contribution in [1.29, 1.82) is 0 Å². The average molecular weight is 1120 g/mol. The number of nitrogens with two attached hydrogens (primary N) is 3. The standard InChI is InChI=1S/C59H72N14O9/c1-34(67-54(78)44(61)25-37-20-22-41(74)23-21-37)52(76)71-50(28-40-32-63-33-66-40)57(81)73-59(3,29-39-31-65-46-18-10-8-16-43(39)46)58(82)68-35(2)53(77)70-49(27-38-30-64-45-17-9-7-15-42(38)45)56(80)72-48(26-36-13-5-4-6-14-36)55(79)69-47(51(62)75)19-11-12-24-60/h4-10,13-18,20-23,30-35,44,47-50,64-65,74H,11-12,19,24-29,60-61H2,1-3H3,(H2,62,75)(H,63,66)(H,67,78)(H,68,82)(H,69,79)(H,70,77)(H,71,76)(H,72,80)(H,73,81)/t34-,35-,44-,47-,48+,49-,50-,59-/m0/s1. The lowest BCUT2D eigenvalue weighted by atomic mass is 9.90. The maximum absolute atomic E-state index is 15.0. The Morgan fingerprint density at radius 1 is 0.573 bits per heavy atom. The van der Waals surface area contributed by atoms with Crippen molar-refractivity contribution < 1.29 is 43.5 Å². The van der Waals surface area contributed by atoms with E-state index in [-0.39, 0.29) is 44.3 Å². The van der Waals surface area contributed by atoms with Crippen molar-refractivity contribution in [2.45, 2.75) is 120 Å². The Hall–Kier alpha value is -9.35. The Morgan fingerprint density at radius 2 is 1.11 bits per heavy atom. The molecule has 0 spiro atoms. The SMILES string of the molecule is C[C@H](NC(=O)[C@@H](N)Cc1ccc(O)cc1)C(=O)N[C@@H](Cc1cnc[nH]1)C(=O)N[C@@](C)(Cc1c[nH]c2ccccc12)C(=O)N[C@@H](C)C(=O)N[C@@H](Cc1c[nH]c2ccccc12)C(=O)N[C@H](Cc1ccccc1)C(=O)N[C@@H](CCCCN)C(N)=O. The number of hydrogen-bond acceptors (Lipinski definition) is 12. The molecule has 0 unspecified atom stereocenters. The first-order chi connectivity index (χ1) is 39.3. The molecule has 8 amide bonds. The zero-order valence-electron chi connectivity index (χ0n) is 45.9. The quantitative estimate of drug-likeness (QED) is 0.0296. The number of carbonyl (C=O) groups excluding carboxylic acids is 8. The smallest absolute Gasteiger partial charge is 0.246 e. The number of aromatic hydroxyl groups is 1. The van der Waals surface area contributed by atoms with Gasteiger partial charge < -0.3 is 74.5 Å². The van der Waals surface area contributed by atoms with Crippen molar-refractivity contribution >= 4 is 69.1 Å². The molecule has 8 atom stereocenters. The van der Waals surface area contributed by atoms with E-state index in [1.54, 1.807) is 54.9 Å². The topological polar surface area (TPSA) is 379 Å².